The average Bonchev–Trinajstić information content (AvgIpc) is 2.75. The Labute approximate surface area is 125 Å². The van der Waals surface area contributed by atoms with E-state index < -0.39 is 16.4 Å². The summed E-state index contributed by atoms with van der Waals surface area (Å²) in [5, 5.41) is 20.8. The molecular formula is C12H12Cl2N2O4. The smallest absolute Gasteiger partial charge is 0.329 e. The third kappa shape index (κ3) is 2.29. The molecule has 1 N–H and O–H groups in total. The summed E-state index contributed by atoms with van der Waals surface area (Å²) in [6, 6.07) is 2.51. The molecule has 1 aliphatic heterocycles. The maximum Gasteiger partial charge on any atom is 0.329 e. The van der Waals surface area contributed by atoms with Crippen LogP contribution in [-0.4, -0.2) is 28.1 Å². The molecule has 0 amide bonds. The molecule has 0 spiro atoms. The van der Waals surface area contributed by atoms with Crippen molar-refractivity contribution in [3.05, 3.63) is 32.3 Å². The molecule has 6 nitrogen and oxygen atoms in total. The van der Waals surface area contributed by atoms with Crippen molar-refractivity contribution in [1.82, 2.24) is 0 Å². The standard InChI is InChI=1S/C12H12Cl2N2O4/c1-12(11(17)18)3-2-4-15(12)9-5-7(13)8(14)6-10(9)16(19)20/h5-6H,2-4H2,1H3,(H,17,18). The number of hydrogen-bond acceptors (Lipinski definition) is 4. The van der Waals surface area contributed by atoms with E-state index in [1.807, 2.05) is 0 Å². The summed E-state index contributed by atoms with van der Waals surface area (Å²) >= 11 is 11.7. The van der Waals surface area contributed by atoms with Crippen molar-refractivity contribution < 1.29 is 14.8 Å². The van der Waals surface area contributed by atoms with Gasteiger partial charge >= 0.3 is 5.97 Å². The van der Waals surface area contributed by atoms with Crippen molar-refractivity contribution in [2.45, 2.75) is 25.3 Å². The van der Waals surface area contributed by atoms with Crippen LogP contribution < -0.4 is 4.90 Å². The van der Waals surface area contributed by atoms with Gasteiger partial charge in [-0.15, -0.1) is 0 Å². The minimum Gasteiger partial charge on any atom is -0.480 e. The van der Waals surface area contributed by atoms with E-state index >= 15 is 0 Å². The van der Waals surface area contributed by atoms with Crippen molar-refractivity contribution in [3.63, 3.8) is 0 Å². The molecule has 0 bridgehead atoms. The Morgan fingerprint density at radius 2 is 2.05 bits per heavy atom. The van der Waals surface area contributed by atoms with Crippen LogP contribution >= 0.6 is 23.2 Å². The molecule has 1 unspecified atom stereocenters. The zero-order valence-corrected chi connectivity index (χ0v) is 12.1. The summed E-state index contributed by atoms with van der Waals surface area (Å²) in [5.74, 6) is -1.02. The highest BCUT2D eigenvalue weighted by molar-refractivity contribution is 6.42. The number of hydrogen-bond donors (Lipinski definition) is 1. The predicted octanol–water partition coefficient (Wildman–Crippen LogP) is 3.35. The molecule has 1 aromatic carbocycles. The van der Waals surface area contributed by atoms with Crippen molar-refractivity contribution in [1.29, 1.82) is 0 Å². The van der Waals surface area contributed by atoms with Crippen molar-refractivity contribution >= 4 is 40.5 Å². The van der Waals surface area contributed by atoms with Crippen LogP contribution in [0.1, 0.15) is 19.8 Å². The second-order valence-electron chi connectivity index (χ2n) is 4.85. The Morgan fingerprint density at radius 3 is 2.60 bits per heavy atom. The summed E-state index contributed by atoms with van der Waals surface area (Å²) < 4.78 is 0. The largest absolute Gasteiger partial charge is 0.480 e. The zero-order chi connectivity index (χ0) is 15.1. The fraction of sp³-hybridized carbons (Fsp3) is 0.417. The van der Waals surface area contributed by atoms with E-state index in [-0.39, 0.29) is 21.4 Å². The molecule has 1 heterocycles. The molecule has 1 saturated heterocycles. The number of rotatable bonds is 3. The van der Waals surface area contributed by atoms with Crippen LogP contribution in [0.3, 0.4) is 0 Å². The van der Waals surface area contributed by atoms with Gasteiger partial charge in [0.1, 0.15) is 11.2 Å². The second kappa shape index (κ2) is 5.10. The van der Waals surface area contributed by atoms with Gasteiger partial charge in [0.05, 0.1) is 15.0 Å². The van der Waals surface area contributed by atoms with Gasteiger partial charge in [0.25, 0.3) is 5.69 Å². The summed E-state index contributed by atoms with van der Waals surface area (Å²) in [7, 11) is 0. The summed E-state index contributed by atoms with van der Waals surface area (Å²) in [6.45, 7) is 1.97. The number of anilines is 1. The van der Waals surface area contributed by atoms with Crippen molar-refractivity contribution in [2.24, 2.45) is 0 Å². The van der Waals surface area contributed by atoms with Crippen LogP contribution in [0.25, 0.3) is 0 Å². The van der Waals surface area contributed by atoms with E-state index in [1.54, 1.807) is 6.92 Å². The Kier molecular flexibility index (Phi) is 3.80. The molecule has 2 rings (SSSR count). The van der Waals surface area contributed by atoms with Crippen molar-refractivity contribution in [3.8, 4) is 0 Å². The zero-order valence-electron chi connectivity index (χ0n) is 10.6. The molecular weight excluding hydrogens is 307 g/mol. The topological polar surface area (TPSA) is 83.7 Å². The fourth-order valence-corrected chi connectivity index (χ4v) is 2.78. The van der Waals surface area contributed by atoms with Gasteiger partial charge in [0, 0.05) is 12.6 Å². The monoisotopic (exact) mass is 318 g/mol. The van der Waals surface area contributed by atoms with Crippen LogP contribution in [0.15, 0.2) is 12.1 Å². The first-order valence-electron chi connectivity index (χ1n) is 5.92. The molecule has 0 aromatic heterocycles. The Morgan fingerprint density at radius 1 is 1.45 bits per heavy atom. The number of halogens is 2. The SMILES string of the molecule is CC1(C(=O)O)CCCN1c1cc(Cl)c(Cl)cc1[N+](=O)[O-]. The maximum atomic E-state index is 11.5. The lowest BCUT2D eigenvalue weighted by molar-refractivity contribution is -0.384. The number of benzene rings is 1. The highest BCUT2D eigenvalue weighted by Crippen LogP contribution is 2.42. The Balaban J connectivity index is 2.60. The molecule has 108 valence electrons. The van der Waals surface area contributed by atoms with Crippen LogP contribution in [0, 0.1) is 10.1 Å². The Bertz CT molecular complexity index is 593. The van der Waals surface area contributed by atoms with Gasteiger partial charge in [0.15, 0.2) is 0 Å². The molecule has 8 heteroatoms. The van der Waals surface area contributed by atoms with Gasteiger partial charge in [-0.1, -0.05) is 23.2 Å². The van der Waals surface area contributed by atoms with Gasteiger partial charge in [-0.05, 0) is 25.8 Å². The number of nitro groups is 1. The van der Waals surface area contributed by atoms with E-state index in [4.69, 9.17) is 23.2 Å². The summed E-state index contributed by atoms with van der Waals surface area (Å²) in [4.78, 5) is 23.5. The van der Waals surface area contributed by atoms with Gasteiger partial charge in [-0.25, -0.2) is 4.79 Å². The fourth-order valence-electron chi connectivity index (χ4n) is 2.46. The number of carboxylic acid groups (broad SMARTS) is 1. The Hall–Kier alpha value is -1.53. The third-order valence-electron chi connectivity index (χ3n) is 3.61. The number of carbonyl (C=O) groups is 1. The normalized spacial score (nSPS) is 22.1. The second-order valence-corrected chi connectivity index (χ2v) is 5.66. The minimum absolute atomic E-state index is 0.0679. The molecule has 1 fully saturated rings. The quantitative estimate of drug-likeness (QED) is 0.682. The van der Waals surface area contributed by atoms with Crippen LogP contribution in [0.4, 0.5) is 11.4 Å². The lowest BCUT2D eigenvalue weighted by Gasteiger charge is -2.32. The molecule has 0 aliphatic carbocycles. The van der Waals surface area contributed by atoms with E-state index in [1.165, 1.54) is 11.0 Å². The lowest BCUT2D eigenvalue weighted by atomic mass is 9.98. The van der Waals surface area contributed by atoms with Gasteiger partial charge in [-0.2, -0.15) is 0 Å². The summed E-state index contributed by atoms with van der Waals surface area (Å²) in [6.07, 6.45) is 1.06. The first-order chi connectivity index (χ1) is 9.27. The maximum absolute atomic E-state index is 11.5. The average molecular weight is 319 g/mol. The lowest BCUT2D eigenvalue weighted by Crippen LogP contribution is -2.48. The molecule has 0 radical (unpaired) electrons. The third-order valence-corrected chi connectivity index (χ3v) is 4.33. The molecule has 0 saturated carbocycles. The van der Waals surface area contributed by atoms with Crippen LogP contribution in [0.2, 0.25) is 10.0 Å². The van der Waals surface area contributed by atoms with Crippen LogP contribution in [0.5, 0.6) is 0 Å². The molecule has 20 heavy (non-hydrogen) atoms. The number of carboxylic acids is 1. The van der Waals surface area contributed by atoms with Crippen molar-refractivity contribution in [2.75, 3.05) is 11.4 Å². The van der Waals surface area contributed by atoms with Gasteiger partial charge in [-0.3, -0.25) is 10.1 Å². The van der Waals surface area contributed by atoms with Gasteiger partial charge < -0.3 is 10.0 Å². The van der Waals surface area contributed by atoms with E-state index in [9.17, 15) is 20.0 Å². The first-order valence-corrected chi connectivity index (χ1v) is 6.67. The first kappa shape index (κ1) is 14.9. The van der Waals surface area contributed by atoms with Gasteiger partial charge in [0.2, 0.25) is 0 Å². The van der Waals surface area contributed by atoms with Crippen LogP contribution in [-0.2, 0) is 4.79 Å². The number of aliphatic carboxylic acids is 1. The molecule has 1 aromatic rings. The summed E-state index contributed by atoms with van der Waals surface area (Å²) in [5.41, 5.74) is -1.23. The number of nitro benzene ring substituents is 1. The highest BCUT2D eigenvalue weighted by atomic mass is 35.5. The molecule has 1 atom stereocenters. The van der Waals surface area contributed by atoms with E-state index in [0.29, 0.717) is 19.4 Å². The predicted molar refractivity (Wildman–Crippen MR) is 75.7 cm³/mol. The minimum atomic E-state index is -1.18. The number of nitrogens with zero attached hydrogens (tertiary/aromatic N) is 2. The van der Waals surface area contributed by atoms with E-state index in [0.717, 1.165) is 6.07 Å². The van der Waals surface area contributed by atoms with E-state index in [2.05, 4.69) is 0 Å². The molecule has 1 aliphatic rings. The highest BCUT2D eigenvalue weighted by Gasteiger charge is 2.45.